The van der Waals surface area contributed by atoms with Crippen LogP contribution in [0.3, 0.4) is 0 Å². The highest BCUT2D eigenvalue weighted by Gasteiger charge is 2.36. The third kappa shape index (κ3) is 33.3. The summed E-state index contributed by atoms with van der Waals surface area (Å²) in [5.41, 5.74) is 0. The summed E-state index contributed by atoms with van der Waals surface area (Å²) in [6.45, 7) is 14.3. The van der Waals surface area contributed by atoms with Crippen molar-refractivity contribution < 1.29 is 46.5 Å². The number of unbranched alkanes of at least 4 members (excludes halogenated alkanes) is 20. The van der Waals surface area contributed by atoms with Gasteiger partial charge in [0.15, 0.2) is 14.4 Å². The SMILES string of the molecule is CCCCCCCCCCCCCCCC(=O)OC[C@H](COP(=O)([O-])OCC[N+](C)(C)C)OC(=O)CCCCCCCCCCCO[Si](C)(C)C(C)(C)C. The first-order valence-electron chi connectivity index (χ1n) is 21.8. The molecule has 0 aromatic carbocycles. The van der Waals surface area contributed by atoms with Crippen LogP contribution in [0.25, 0.3) is 0 Å². The molecule has 0 bridgehead atoms. The summed E-state index contributed by atoms with van der Waals surface area (Å²) in [5.74, 6) is -0.842. The molecule has 0 fully saturated rings. The van der Waals surface area contributed by atoms with E-state index in [1.165, 1.54) is 89.9 Å². The van der Waals surface area contributed by atoms with Gasteiger partial charge in [0.25, 0.3) is 7.82 Å². The van der Waals surface area contributed by atoms with Crippen molar-refractivity contribution in [3.63, 3.8) is 0 Å². The van der Waals surface area contributed by atoms with Gasteiger partial charge in [-0.1, -0.05) is 150 Å². The molecule has 0 aliphatic carbocycles. The van der Waals surface area contributed by atoms with Crippen molar-refractivity contribution in [3.05, 3.63) is 0 Å². The van der Waals surface area contributed by atoms with Crippen LogP contribution in [0.2, 0.25) is 18.1 Å². The molecule has 0 spiro atoms. The molecule has 0 aromatic rings. The Labute approximate surface area is 333 Å². The van der Waals surface area contributed by atoms with Crippen molar-refractivity contribution in [2.75, 3.05) is 54.1 Å². The number of carbonyl (C=O) groups is 2. The van der Waals surface area contributed by atoms with E-state index in [0.717, 1.165) is 51.6 Å². The fourth-order valence-electron chi connectivity index (χ4n) is 5.70. The summed E-state index contributed by atoms with van der Waals surface area (Å²) in [6.07, 6.45) is 25.0. The van der Waals surface area contributed by atoms with Gasteiger partial charge >= 0.3 is 11.9 Å². The first-order valence-corrected chi connectivity index (χ1v) is 26.1. The lowest BCUT2D eigenvalue weighted by molar-refractivity contribution is -0.870. The number of nitrogens with zero attached hydrogens (tertiary/aromatic N) is 1. The molecule has 0 amide bonds. The number of phosphoric ester groups is 1. The van der Waals surface area contributed by atoms with Gasteiger partial charge in [0.05, 0.1) is 27.7 Å². The Kier molecular flexibility index (Phi) is 30.7. The average Bonchev–Trinajstić information content (AvgIpc) is 3.07. The number of ether oxygens (including phenoxy) is 2. The second-order valence-electron chi connectivity index (χ2n) is 17.9. The van der Waals surface area contributed by atoms with E-state index >= 15 is 0 Å². The molecule has 0 aliphatic heterocycles. The molecule has 54 heavy (non-hydrogen) atoms. The molecule has 0 N–H and O–H groups in total. The third-order valence-corrected chi connectivity index (χ3v) is 15.9. The van der Waals surface area contributed by atoms with Crippen LogP contribution in [0, 0.1) is 0 Å². The van der Waals surface area contributed by atoms with Gasteiger partial charge in [-0.2, -0.15) is 0 Å². The highest BCUT2D eigenvalue weighted by Crippen LogP contribution is 2.38. The second-order valence-corrected chi connectivity index (χ2v) is 24.1. The number of rotatable bonds is 37. The molecule has 0 aromatic heterocycles. The van der Waals surface area contributed by atoms with Crippen LogP contribution in [0.15, 0.2) is 0 Å². The Morgan fingerprint density at radius 1 is 0.630 bits per heavy atom. The number of quaternary nitrogens is 1. The number of carbonyl (C=O) groups excluding carboxylic acids is 2. The van der Waals surface area contributed by atoms with Crippen LogP contribution >= 0.6 is 7.82 Å². The van der Waals surface area contributed by atoms with Gasteiger partial charge in [-0.25, -0.2) is 0 Å². The molecule has 10 nitrogen and oxygen atoms in total. The van der Waals surface area contributed by atoms with E-state index in [0.29, 0.717) is 17.4 Å². The lowest BCUT2D eigenvalue weighted by Gasteiger charge is -2.36. The predicted molar refractivity (Wildman–Crippen MR) is 223 cm³/mol. The molecule has 1 unspecified atom stereocenters. The van der Waals surface area contributed by atoms with E-state index in [-0.39, 0.29) is 37.1 Å². The van der Waals surface area contributed by atoms with Gasteiger partial charge in [0.1, 0.15) is 19.8 Å². The summed E-state index contributed by atoms with van der Waals surface area (Å²) in [4.78, 5) is 37.5. The summed E-state index contributed by atoms with van der Waals surface area (Å²) in [5, 5.41) is 0.254. The van der Waals surface area contributed by atoms with E-state index in [2.05, 4.69) is 40.8 Å². The fraction of sp³-hybridized carbons (Fsp3) is 0.952. The van der Waals surface area contributed by atoms with E-state index in [9.17, 15) is 19.0 Å². The second kappa shape index (κ2) is 31.2. The standard InChI is InChI=1S/C42H86NO9PSi/c1-10-11-12-13-14-15-16-17-18-20-23-26-29-32-40(44)48-37-39(38-50-53(46,47)49-36-34-43(5,6)7)52-41(45)33-30-27-24-21-19-22-25-28-31-35-51-54(8,9)42(2,3)4/h39H,10-38H2,1-9H3/t39-/m1/s1. The number of phosphoric acid groups is 1. The molecule has 322 valence electrons. The molecule has 2 atom stereocenters. The van der Waals surface area contributed by atoms with Crippen molar-refractivity contribution >= 4 is 28.1 Å². The topological polar surface area (TPSA) is 120 Å². The van der Waals surface area contributed by atoms with Crippen LogP contribution in [-0.2, 0) is 37.1 Å². The molecule has 0 rings (SSSR count). The van der Waals surface area contributed by atoms with Crippen LogP contribution in [0.1, 0.15) is 182 Å². The Bertz CT molecular complexity index is 984. The smallest absolute Gasteiger partial charge is 0.306 e. The lowest BCUT2D eigenvalue weighted by Crippen LogP contribution is -2.40. The van der Waals surface area contributed by atoms with E-state index in [1.807, 2.05) is 21.1 Å². The average molecular weight is 808 g/mol. The normalized spacial score (nSPS) is 14.2. The van der Waals surface area contributed by atoms with Gasteiger partial charge in [0.2, 0.25) is 0 Å². The van der Waals surface area contributed by atoms with Crippen molar-refractivity contribution in [1.82, 2.24) is 0 Å². The molecular formula is C42H86NO9PSi. The molecular weight excluding hydrogens is 722 g/mol. The Balaban J connectivity index is 4.40. The molecule has 0 radical (unpaired) electrons. The Hall–Kier alpha value is -0.813. The van der Waals surface area contributed by atoms with Crippen molar-refractivity contribution in [1.29, 1.82) is 0 Å². The molecule has 0 saturated heterocycles. The minimum absolute atomic E-state index is 0.0325. The van der Waals surface area contributed by atoms with Crippen LogP contribution in [0.4, 0.5) is 0 Å². The third-order valence-electron chi connectivity index (χ3n) is 10.4. The van der Waals surface area contributed by atoms with E-state index in [4.69, 9.17) is 22.9 Å². The van der Waals surface area contributed by atoms with Crippen LogP contribution in [0.5, 0.6) is 0 Å². The number of hydrogen-bond acceptors (Lipinski definition) is 9. The summed E-state index contributed by atoms with van der Waals surface area (Å²) < 4.78 is 40.2. The molecule has 12 heteroatoms. The quantitative estimate of drug-likeness (QED) is 0.0199. The minimum atomic E-state index is -4.62. The van der Waals surface area contributed by atoms with Crippen molar-refractivity contribution in [3.8, 4) is 0 Å². The zero-order chi connectivity index (χ0) is 40.8. The fourth-order valence-corrected chi connectivity index (χ4v) is 7.51. The maximum Gasteiger partial charge on any atom is 0.306 e. The molecule has 0 saturated carbocycles. The monoisotopic (exact) mass is 808 g/mol. The summed E-state index contributed by atoms with van der Waals surface area (Å²) in [7, 11) is -0.492. The minimum Gasteiger partial charge on any atom is -0.756 e. The highest BCUT2D eigenvalue weighted by atomic mass is 31.2. The highest BCUT2D eigenvalue weighted by molar-refractivity contribution is 7.45. The van der Waals surface area contributed by atoms with Crippen molar-refractivity contribution in [2.45, 2.75) is 206 Å². The summed E-state index contributed by atoms with van der Waals surface area (Å²) in [6, 6.07) is 0. The Morgan fingerprint density at radius 3 is 1.50 bits per heavy atom. The first-order chi connectivity index (χ1) is 25.4. The lowest BCUT2D eigenvalue weighted by atomic mass is 10.0. The van der Waals surface area contributed by atoms with E-state index < -0.39 is 34.8 Å². The number of likely N-dealkylation sites (N-methyl/N-ethyl adjacent to an activating group) is 1. The van der Waals surface area contributed by atoms with Gasteiger partial charge in [-0.05, 0) is 37.4 Å². The number of hydrogen-bond donors (Lipinski definition) is 0. The van der Waals surface area contributed by atoms with Crippen LogP contribution in [-0.4, -0.2) is 85.0 Å². The summed E-state index contributed by atoms with van der Waals surface area (Å²) >= 11 is 0. The van der Waals surface area contributed by atoms with E-state index in [1.54, 1.807) is 0 Å². The predicted octanol–water partition coefficient (Wildman–Crippen LogP) is 11.1. The first kappa shape index (κ1) is 53.2. The number of esters is 2. The van der Waals surface area contributed by atoms with Crippen LogP contribution < -0.4 is 4.89 Å². The van der Waals surface area contributed by atoms with Gasteiger partial charge in [-0.15, -0.1) is 0 Å². The molecule has 0 aliphatic rings. The van der Waals surface area contributed by atoms with Gasteiger partial charge < -0.3 is 32.3 Å². The largest absolute Gasteiger partial charge is 0.756 e. The maximum absolute atomic E-state index is 12.7. The van der Waals surface area contributed by atoms with Gasteiger partial charge in [-0.3, -0.25) is 14.2 Å². The zero-order valence-electron chi connectivity index (χ0n) is 36.7. The Morgan fingerprint density at radius 2 is 1.06 bits per heavy atom. The van der Waals surface area contributed by atoms with Crippen molar-refractivity contribution in [2.24, 2.45) is 0 Å². The zero-order valence-corrected chi connectivity index (χ0v) is 38.5. The maximum atomic E-state index is 12.7. The molecule has 0 heterocycles. The van der Waals surface area contributed by atoms with Gasteiger partial charge in [0, 0.05) is 19.4 Å².